The van der Waals surface area contributed by atoms with Crippen LogP contribution in [-0.4, -0.2) is 41.5 Å². The van der Waals surface area contributed by atoms with Gasteiger partial charge in [0.05, 0.1) is 13.0 Å². The lowest BCUT2D eigenvalue weighted by Crippen LogP contribution is -2.41. The first-order valence-corrected chi connectivity index (χ1v) is 6.80. The molecule has 0 radical (unpaired) electrons. The lowest BCUT2D eigenvalue weighted by Gasteiger charge is -2.27. The zero-order valence-electron chi connectivity index (χ0n) is 10.0. The van der Waals surface area contributed by atoms with Crippen molar-refractivity contribution in [2.24, 2.45) is 0 Å². The number of aliphatic carboxylic acids is 1. The molecule has 1 aromatic heterocycles. The highest BCUT2D eigenvalue weighted by molar-refractivity contribution is 7.10. The minimum absolute atomic E-state index is 0.0391. The van der Waals surface area contributed by atoms with Crippen molar-refractivity contribution in [1.82, 2.24) is 10.2 Å². The van der Waals surface area contributed by atoms with E-state index < -0.39 is 5.97 Å². The van der Waals surface area contributed by atoms with Gasteiger partial charge in [0.2, 0.25) is 5.91 Å². The van der Waals surface area contributed by atoms with Gasteiger partial charge in [0, 0.05) is 24.5 Å². The molecule has 0 aliphatic carbocycles. The summed E-state index contributed by atoms with van der Waals surface area (Å²) in [4.78, 5) is 25.4. The first-order chi connectivity index (χ1) is 8.66. The van der Waals surface area contributed by atoms with Gasteiger partial charge in [-0.1, -0.05) is 0 Å². The van der Waals surface area contributed by atoms with Gasteiger partial charge in [-0.25, -0.2) is 0 Å². The molecule has 1 aliphatic rings. The van der Waals surface area contributed by atoms with Crippen LogP contribution in [0.1, 0.15) is 16.9 Å². The SMILES string of the molecule is O=C(O)CCNCC(=O)N1CCc2sccc2C1. The number of hydrogen-bond acceptors (Lipinski definition) is 4. The topological polar surface area (TPSA) is 69.6 Å². The third-order valence-electron chi connectivity index (χ3n) is 2.95. The highest BCUT2D eigenvalue weighted by Gasteiger charge is 2.20. The van der Waals surface area contributed by atoms with Gasteiger partial charge in [0.25, 0.3) is 0 Å². The fourth-order valence-corrected chi connectivity index (χ4v) is 2.85. The van der Waals surface area contributed by atoms with Crippen molar-refractivity contribution in [2.45, 2.75) is 19.4 Å². The summed E-state index contributed by atoms with van der Waals surface area (Å²) in [5.74, 6) is -0.812. The van der Waals surface area contributed by atoms with E-state index in [1.165, 1.54) is 10.4 Å². The third kappa shape index (κ3) is 3.30. The summed E-state index contributed by atoms with van der Waals surface area (Å²) in [5.41, 5.74) is 1.24. The Morgan fingerprint density at radius 1 is 1.50 bits per heavy atom. The van der Waals surface area contributed by atoms with Crippen LogP contribution in [0.15, 0.2) is 11.4 Å². The van der Waals surface area contributed by atoms with Crippen LogP contribution in [0.5, 0.6) is 0 Å². The van der Waals surface area contributed by atoms with Gasteiger partial charge in [0.15, 0.2) is 0 Å². The van der Waals surface area contributed by atoms with Gasteiger partial charge in [-0.05, 0) is 23.4 Å². The van der Waals surface area contributed by atoms with E-state index in [1.807, 2.05) is 4.90 Å². The summed E-state index contributed by atoms with van der Waals surface area (Å²) in [5, 5.41) is 13.4. The molecule has 98 valence electrons. The second kappa shape index (κ2) is 5.97. The quantitative estimate of drug-likeness (QED) is 0.771. The summed E-state index contributed by atoms with van der Waals surface area (Å²) in [7, 11) is 0. The van der Waals surface area contributed by atoms with Crippen molar-refractivity contribution >= 4 is 23.2 Å². The maximum atomic E-state index is 11.9. The molecule has 0 bridgehead atoms. The number of carbonyl (C=O) groups is 2. The van der Waals surface area contributed by atoms with Crippen LogP contribution in [0.25, 0.3) is 0 Å². The van der Waals surface area contributed by atoms with E-state index in [0.29, 0.717) is 13.1 Å². The molecule has 1 aliphatic heterocycles. The van der Waals surface area contributed by atoms with Crippen LogP contribution in [0.4, 0.5) is 0 Å². The Hall–Kier alpha value is -1.40. The molecule has 1 aromatic rings. The van der Waals surface area contributed by atoms with E-state index in [-0.39, 0.29) is 18.9 Å². The molecule has 2 heterocycles. The van der Waals surface area contributed by atoms with Crippen molar-refractivity contribution in [3.63, 3.8) is 0 Å². The highest BCUT2D eigenvalue weighted by atomic mass is 32.1. The van der Waals surface area contributed by atoms with E-state index in [9.17, 15) is 9.59 Å². The van der Waals surface area contributed by atoms with Crippen LogP contribution in [-0.2, 0) is 22.6 Å². The van der Waals surface area contributed by atoms with Crippen molar-refractivity contribution < 1.29 is 14.7 Å². The molecule has 0 saturated carbocycles. The number of thiophene rings is 1. The lowest BCUT2D eigenvalue weighted by molar-refractivity contribution is -0.137. The first-order valence-electron chi connectivity index (χ1n) is 5.92. The van der Waals surface area contributed by atoms with Gasteiger partial charge in [-0.15, -0.1) is 11.3 Å². The molecular weight excluding hydrogens is 252 g/mol. The number of amides is 1. The van der Waals surface area contributed by atoms with E-state index in [2.05, 4.69) is 16.8 Å². The second-order valence-electron chi connectivity index (χ2n) is 4.25. The largest absolute Gasteiger partial charge is 0.481 e. The molecule has 0 unspecified atom stereocenters. The Kier molecular flexibility index (Phi) is 4.33. The van der Waals surface area contributed by atoms with E-state index in [0.717, 1.165) is 13.0 Å². The zero-order valence-corrected chi connectivity index (χ0v) is 10.8. The van der Waals surface area contributed by atoms with Crippen molar-refractivity contribution in [3.8, 4) is 0 Å². The number of fused-ring (bicyclic) bond motifs is 1. The normalized spacial score (nSPS) is 14.3. The molecule has 18 heavy (non-hydrogen) atoms. The number of nitrogens with one attached hydrogen (secondary N) is 1. The number of carboxylic acids is 1. The van der Waals surface area contributed by atoms with Gasteiger partial charge in [0.1, 0.15) is 0 Å². The predicted octanol–water partition coefficient (Wildman–Crippen LogP) is 0.697. The van der Waals surface area contributed by atoms with Crippen molar-refractivity contribution in [2.75, 3.05) is 19.6 Å². The first kappa shape index (κ1) is 13.0. The smallest absolute Gasteiger partial charge is 0.304 e. The average molecular weight is 268 g/mol. The van der Waals surface area contributed by atoms with E-state index >= 15 is 0 Å². The van der Waals surface area contributed by atoms with E-state index in [1.54, 1.807) is 11.3 Å². The Labute approximate surface area is 109 Å². The molecule has 1 amide bonds. The van der Waals surface area contributed by atoms with Gasteiger partial charge >= 0.3 is 5.97 Å². The molecule has 5 nitrogen and oxygen atoms in total. The highest BCUT2D eigenvalue weighted by Crippen LogP contribution is 2.23. The average Bonchev–Trinajstić information content (AvgIpc) is 2.81. The van der Waals surface area contributed by atoms with Crippen LogP contribution in [0, 0.1) is 0 Å². The predicted molar refractivity (Wildman–Crippen MR) is 68.6 cm³/mol. The Morgan fingerprint density at radius 2 is 2.33 bits per heavy atom. The molecule has 0 saturated heterocycles. The number of nitrogens with zero attached hydrogens (tertiary/aromatic N) is 1. The maximum Gasteiger partial charge on any atom is 0.304 e. The molecule has 0 atom stereocenters. The van der Waals surface area contributed by atoms with Crippen LogP contribution < -0.4 is 5.32 Å². The fraction of sp³-hybridized carbons (Fsp3) is 0.500. The standard InChI is InChI=1S/C12H16N2O3S/c15-11(7-13-4-1-12(16)17)14-5-2-10-9(8-14)3-6-18-10/h3,6,13H,1-2,4-5,7-8H2,(H,16,17). The van der Waals surface area contributed by atoms with Gasteiger partial charge < -0.3 is 15.3 Å². The number of hydrogen-bond donors (Lipinski definition) is 2. The zero-order chi connectivity index (χ0) is 13.0. The molecule has 0 fully saturated rings. The Bertz CT molecular complexity index is 444. The van der Waals surface area contributed by atoms with E-state index in [4.69, 9.17) is 5.11 Å². The van der Waals surface area contributed by atoms with Crippen LogP contribution in [0.2, 0.25) is 0 Å². The molecule has 6 heteroatoms. The lowest BCUT2D eigenvalue weighted by atomic mass is 10.1. The molecule has 2 N–H and O–H groups in total. The molecular formula is C12H16N2O3S. The third-order valence-corrected chi connectivity index (χ3v) is 3.98. The number of carbonyl (C=O) groups excluding carboxylic acids is 1. The molecule has 0 aromatic carbocycles. The fourth-order valence-electron chi connectivity index (χ4n) is 1.96. The number of rotatable bonds is 5. The van der Waals surface area contributed by atoms with Crippen molar-refractivity contribution in [1.29, 1.82) is 0 Å². The van der Waals surface area contributed by atoms with Gasteiger partial charge in [-0.2, -0.15) is 0 Å². The molecule has 2 rings (SSSR count). The van der Waals surface area contributed by atoms with Crippen LogP contribution in [0.3, 0.4) is 0 Å². The van der Waals surface area contributed by atoms with Crippen LogP contribution >= 0.6 is 11.3 Å². The minimum atomic E-state index is -0.851. The summed E-state index contributed by atoms with van der Waals surface area (Å²) in [6.45, 7) is 1.98. The molecule has 0 spiro atoms. The second-order valence-corrected chi connectivity index (χ2v) is 5.26. The summed E-state index contributed by atoms with van der Waals surface area (Å²) < 4.78 is 0. The van der Waals surface area contributed by atoms with Crippen molar-refractivity contribution in [3.05, 3.63) is 21.9 Å². The Morgan fingerprint density at radius 3 is 3.11 bits per heavy atom. The minimum Gasteiger partial charge on any atom is -0.481 e. The maximum absolute atomic E-state index is 11.9. The summed E-state index contributed by atoms with van der Waals surface area (Å²) in [6, 6.07) is 2.07. The summed E-state index contributed by atoms with van der Waals surface area (Å²) in [6.07, 6.45) is 0.968. The number of carboxylic acid groups (broad SMARTS) is 1. The monoisotopic (exact) mass is 268 g/mol. The summed E-state index contributed by atoms with van der Waals surface area (Å²) >= 11 is 1.74. The van der Waals surface area contributed by atoms with Gasteiger partial charge in [-0.3, -0.25) is 9.59 Å². The Balaban J connectivity index is 1.75.